The Morgan fingerprint density at radius 1 is 1.45 bits per heavy atom. The van der Waals surface area contributed by atoms with Gasteiger partial charge >= 0.3 is 12.0 Å². The quantitative estimate of drug-likeness (QED) is 0.700. The lowest BCUT2D eigenvalue weighted by Crippen LogP contribution is -2.49. The number of amides is 3. The zero-order valence-corrected chi connectivity index (χ0v) is 12.0. The van der Waals surface area contributed by atoms with Crippen molar-refractivity contribution in [2.24, 2.45) is 0 Å². The molecule has 2 N–H and O–H groups in total. The molecule has 0 saturated carbocycles. The van der Waals surface area contributed by atoms with Gasteiger partial charge in [0.15, 0.2) is 0 Å². The summed E-state index contributed by atoms with van der Waals surface area (Å²) in [6.07, 6.45) is -0.0371. The number of methoxy groups -OCH3 is 1. The monoisotopic (exact) mass is 287 g/mol. The summed E-state index contributed by atoms with van der Waals surface area (Å²) in [5.41, 5.74) is 0. The Morgan fingerprint density at radius 3 is 2.60 bits per heavy atom. The van der Waals surface area contributed by atoms with Crippen LogP contribution in [0.4, 0.5) is 4.79 Å². The second-order valence-corrected chi connectivity index (χ2v) is 4.69. The average molecular weight is 287 g/mol. The number of carbonyl (C=O) groups excluding carboxylic acids is 2. The van der Waals surface area contributed by atoms with E-state index in [1.807, 2.05) is 0 Å². The maximum absolute atomic E-state index is 12.2. The molecule has 1 aliphatic rings. The molecule has 0 spiro atoms. The lowest BCUT2D eigenvalue weighted by molar-refractivity contribution is -0.141. The van der Waals surface area contributed by atoms with E-state index in [1.54, 1.807) is 6.92 Å². The standard InChI is InChI=1S/C12H21N3O5/c1-4-13-10(16)7-14(2)12(19)15-6-8(20-3)5-9(15)11(17)18/h8-9H,4-7H2,1-3H3,(H,13,16)(H,17,18). The Hall–Kier alpha value is -1.83. The molecule has 0 aromatic rings. The summed E-state index contributed by atoms with van der Waals surface area (Å²) in [7, 11) is 2.95. The molecule has 8 heteroatoms. The van der Waals surface area contributed by atoms with E-state index in [9.17, 15) is 14.4 Å². The highest BCUT2D eigenvalue weighted by atomic mass is 16.5. The normalized spacial score (nSPS) is 21.6. The third-order valence-corrected chi connectivity index (χ3v) is 3.21. The molecule has 114 valence electrons. The second-order valence-electron chi connectivity index (χ2n) is 4.69. The fourth-order valence-corrected chi connectivity index (χ4v) is 2.17. The van der Waals surface area contributed by atoms with E-state index in [4.69, 9.17) is 9.84 Å². The summed E-state index contributed by atoms with van der Waals surface area (Å²) in [5.74, 6) is -1.35. The fourth-order valence-electron chi connectivity index (χ4n) is 2.17. The summed E-state index contributed by atoms with van der Waals surface area (Å²) >= 11 is 0. The number of nitrogens with zero attached hydrogens (tertiary/aromatic N) is 2. The van der Waals surface area contributed by atoms with Gasteiger partial charge in [-0.2, -0.15) is 0 Å². The number of carboxylic acid groups (broad SMARTS) is 1. The molecule has 0 aromatic heterocycles. The third kappa shape index (κ3) is 3.83. The van der Waals surface area contributed by atoms with E-state index in [1.165, 1.54) is 24.0 Å². The Balaban J connectivity index is 2.68. The van der Waals surface area contributed by atoms with Crippen LogP contribution in [0, 0.1) is 0 Å². The van der Waals surface area contributed by atoms with Gasteiger partial charge < -0.3 is 25.0 Å². The topological polar surface area (TPSA) is 99.2 Å². The molecular weight excluding hydrogens is 266 g/mol. The van der Waals surface area contributed by atoms with Crippen molar-refractivity contribution >= 4 is 17.9 Å². The number of ether oxygens (including phenoxy) is 1. The van der Waals surface area contributed by atoms with Crippen molar-refractivity contribution in [3.05, 3.63) is 0 Å². The lowest BCUT2D eigenvalue weighted by atomic mass is 10.2. The zero-order chi connectivity index (χ0) is 15.3. The van der Waals surface area contributed by atoms with Crippen LogP contribution < -0.4 is 5.32 Å². The van der Waals surface area contributed by atoms with Gasteiger partial charge in [-0.1, -0.05) is 0 Å². The molecule has 0 aromatic carbocycles. The molecular formula is C12H21N3O5. The van der Waals surface area contributed by atoms with E-state index in [2.05, 4.69) is 5.32 Å². The van der Waals surface area contributed by atoms with Gasteiger partial charge in [0.1, 0.15) is 12.6 Å². The van der Waals surface area contributed by atoms with Gasteiger partial charge in [0.2, 0.25) is 5.91 Å². The summed E-state index contributed by atoms with van der Waals surface area (Å²) in [6.45, 7) is 2.37. The maximum atomic E-state index is 12.2. The van der Waals surface area contributed by atoms with Crippen LogP contribution in [-0.2, 0) is 14.3 Å². The predicted octanol–water partition coefficient (Wildman–Crippen LogP) is -0.652. The fraction of sp³-hybridized carbons (Fsp3) is 0.750. The molecule has 2 unspecified atom stereocenters. The van der Waals surface area contributed by atoms with Gasteiger partial charge in [0, 0.05) is 33.7 Å². The second kappa shape index (κ2) is 7.09. The van der Waals surface area contributed by atoms with Crippen molar-refractivity contribution in [3.63, 3.8) is 0 Å². The van der Waals surface area contributed by atoms with Crippen LogP contribution in [0.5, 0.6) is 0 Å². The Morgan fingerprint density at radius 2 is 2.10 bits per heavy atom. The number of hydrogen-bond donors (Lipinski definition) is 2. The van der Waals surface area contributed by atoms with Crippen molar-refractivity contribution in [2.75, 3.05) is 33.8 Å². The van der Waals surface area contributed by atoms with Gasteiger partial charge in [0.05, 0.1) is 6.10 Å². The van der Waals surface area contributed by atoms with Gasteiger partial charge in [0.25, 0.3) is 0 Å². The molecule has 0 bridgehead atoms. The number of nitrogens with one attached hydrogen (secondary N) is 1. The van der Waals surface area contributed by atoms with Crippen LogP contribution in [0.15, 0.2) is 0 Å². The van der Waals surface area contributed by atoms with Crippen molar-refractivity contribution in [1.29, 1.82) is 0 Å². The lowest BCUT2D eigenvalue weighted by Gasteiger charge is -2.27. The van der Waals surface area contributed by atoms with Crippen molar-refractivity contribution in [2.45, 2.75) is 25.5 Å². The van der Waals surface area contributed by atoms with Crippen molar-refractivity contribution in [3.8, 4) is 0 Å². The van der Waals surface area contributed by atoms with Gasteiger partial charge in [-0.05, 0) is 6.92 Å². The third-order valence-electron chi connectivity index (χ3n) is 3.21. The molecule has 1 heterocycles. The van der Waals surface area contributed by atoms with Gasteiger partial charge in [-0.15, -0.1) is 0 Å². The SMILES string of the molecule is CCNC(=O)CN(C)C(=O)N1CC(OC)CC1C(=O)O. The number of likely N-dealkylation sites (tertiary alicyclic amines) is 1. The highest BCUT2D eigenvalue weighted by molar-refractivity contribution is 5.87. The molecule has 20 heavy (non-hydrogen) atoms. The molecule has 0 aliphatic carbocycles. The minimum Gasteiger partial charge on any atom is -0.480 e. The minimum atomic E-state index is -1.07. The number of carboxylic acids is 1. The molecule has 0 radical (unpaired) electrons. The number of likely N-dealkylation sites (N-methyl/N-ethyl adjacent to an activating group) is 2. The first-order chi connectivity index (χ1) is 9.40. The van der Waals surface area contributed by atoms with Crippen molar-refractivity contribution in [1.82, 2.24) is 15.1 Å². The number of aliphatic carboxylic acids is 1. The maximum Gasteiger partial charge on any atom is 0.326 e. The molecule has 2 atom stereocenters. The minimum absolute atomic E-state index is 0.104. The van der Waals surface area contributed by atoms with Crippen LogP contribution in [0.2, 0.25) is 0 Å². The van der Waals surface area contributed by atoms with Crippen LogP contribution in [-0.4, -0.2) is 78.8 Å². The van der Waals surface area contributed by atoms with Crippen molar-refractivity contribution < 1.29 is 24.2 Å². The summed E-state index contributed by atoms with van der Waals surface area (Å²) in [6, 6.07) is -1.40. The molecule has 1 fully saturated rings. The number of carbonyl (C=O) groups is 3. The molecule has 1 aliphatic heterocycles. The van der Waals surface area contributed by atoms with E-state index >= 15 is 0 Å². The Bertz CT molecular complexity index is 387. The van der Waals surface area contributed by atoms with E-state index < -0.39 is 18.0 Å². The zero-order valence-electron chi connectivity index (χ0n) is 12.0. The summed E-state index contributed by atoms with van der Waals surface area (Å²) in [5, 5.41) is 11.7. The first-order valence-corrected chi connectivity index (χ1v) is 6.44. The van der Waals surface area contributed by atoms with Gasteiger partial charge in [-0.3, -0.25) is 4.79 Å². The van der Waals surface area contributed by atoms with E-state index in [0.29, 0.717) is 6.54 Å². The largest absolute Gasteiger partial charge is 0.480 e. The predicted molar refractivity (Wildman–Crippen MR) is 70.3 cm³/mol. The molecule has 3 amide bonds. The highest BCUT2D eigenvalue weighted by Gasteiger charge is 2.41. The summed E-state index contributed by atoms with van der Waals surface area (Å²) in [4.78, 5) is 37.3. The molecule has 1 rings (SSSR count). The molecule has 1 saturated heterocycles. The summed E-state index contributed by atoms with van der Waals surface area (Å²) < 4.78 is 5.12. The average Bonchev–Trinajstić information content (AvgIpc) is 2.82. The van der Waals surface area contributed by atoms with E-state index in [0.717, 1.165) is 0 Å². The highest BCUT2D eigenvalue weighted by Crippen LogP contribution is 2.21. The van der Waals surface area contributed by atoms with Crippen LogP contribution in [0.25, 0.3) is 0 Å². The Labute approximate surface area is 117 Å². The van der Waals surface area contributed by atoms with Crippen LogP contribution in [0.3, 0.4) is 0 Å². The number of rotatable bonds is 5. The van der Waals surface area contributed by atoms with Crippen LogP contribution in [0.1, 0.15) is 13.3 Å². The van der Waals surface area contributed by atoms with Gasteiger partial charge in [-0.25, -0.2) is 9.59 Å². The molecule has 8 nitrogen and oxygen atoms in total. The first kappa shape index (κ1) is 16.2. The number of hydrogen-bond acceptors (Lipinski definition) is 4. The Kier molecular flexibility index (Phi) is 5.75. The number of urea groups is 1. The van der Waals surface area contributed by atoms with E-state index in [-0.39, 0.29) is 31.5 Å². The first-order valence-electron chi connectivity index (χ1n) is 6.44. The smallest absolute Gasteiger partial charge is 0.326 e. The van der Waals surface area contributed by atoms with Crippen LogP contribution >= 0.6 is 0 Å².